The zero-order valence-electron chi connectivity index (χ0n) is 23.8. The van der Waals surface area contributed by atoms with Crippen LogP contribution in [0.4, 0.5) is 0 Å². The van der Waals surface area contributed by atoms with Gasteiger partial charge in [0.15, 0.2) is 8.32 Å². The Morgan fingerprint density at radius 3 is 2.24 bits per heavy atom. The number of carbonyl (C=O) groups excluding carboxylic acids is 1. The molecule has 188 valence electrons. The maximum Gasteiger partial charge on any atom is 0.192 e. The van der Waals surface area contributed by atoms with Crippen LogP contribution in [0.25, 0.3) is 0 Å². The van der Waals surface area contributed by atoms with Crippen LogP contribution in [0.1, 0.15) is 114 Å². The van der Waals surface area contributed by atoms with Gasteiger partial charge in [-0.2, -0.15) is 0 Å². The Kier molecular flexibility index (Phi) is 6.68. The molecule has 0 saturated heterocycles. The van der Waals surface area contributed by atoms with Crippen molar-refractivity contribution in [2.75, 3.05) is 0 Å². The highest BCUT2D eigenvalue weighted by molar-refractivity contribution is 6.74. The lowest BCUT2D eigenvalue weighted by atomic mass is 9.62. The topological polar surface area (TPSA) is 26.3 Å². The van der Waals surface area contributed by atoms with Gasteiger partial charge in [-0.3, -0.25) is 4.79 Å². The summed E-state index contributed by atoms with van der Waals surface area (Å²) < 4.78 is 7.26. The van der Waals surface area contributed by atoms with Crippen molar-refractivity contribution in [3.63, 3.8) is 0 Å². The number of hydrogen-bond donors (Lipinski definition) is 0. The van der Waals surface area contributed by atoms with Crippen LogP contribution in [-0.2, 0) is 9.22 Å². The molecule has 0 unspecified atom stereocenters. The number of ketones is 1. The van der Waals surface area contributed by atoms with Crippen LogP contribution in [0.15, 0.2) is 23.3 Å². The minimum Gasteiger partial charge on any atom is -0.410 e. The summed E-state index contributed by atoms with van der Waals surface area (Å²) in [6, 6.07) is 0. The van der Waals surface area contributed by atoms with Gasteiger partial charge in [0.25, 0.3) is 0 Å². The van der Waals surface area contributed by atoms with E-state index in [0.29, 0.717) is 12.2 Å². The molecule has 0 bridgehead atoms. The first-order valence-corrected chi connectivity index (χ1v) is 16.3. The smallest absolute Gasteiger partial charge is 0.192 e. The quantitative estimate of drug-likeness (QED) is 0.273. The van der Waals surface area contributed by atoms with E-state index in [2.05, 4.69) is 75.1 Å². The first-order valence-electron chi connectivity index (χ1n) is 13.4. The van der Waals surface area contributed by atoms with Gasteiger partial charge in [0, 0.05) is 11.8 Å². The molecule has 0 heterocycles. The van der Waals surface area contributed by atoms with E-state index < -0.39 is 8.32 Å². The van der Waals surface area contributed by atoms with Gasteiger partial charge in [0.1, 0.15) is 5.78 Å². The van der Waals surface area contributed by atoms with Crippen LogP contribution in [-0.4, -0.2) is 20.2 Å². The van der Waals surface area contributed by atoms with Crippen LogP contribution in [0.2, 0.25) is 18.1 Å². The van der Waals surface area contributed by atoms with Crippen molar-refractivity contribution < 1.29 is 9.22 Å². The molecule has 0 amide bonds. The van der Waals surface area contributed by atoms with Crippen molar-refractivity contribution in [1.82, 2.24) is 0 Å². The largest absolute Gasteiger partial charge is 0.410 e. The number of fused-ring (bicyclic) bond motifs is 2. The SMILES string of the molecule is C=C(C)CC(C)(C)C(=O)C[C@]12CCCCC1=C1[C@@H](O[Si](C)(C)C(C)(C)C)C(C)(C)C[C@]1(C)C2. The van der Waals surface area contributed by atoms with Gasteiger partial charge in [-0.15, -0.1) is 6.58 Å². The summed E-state index contributed by atoms with van der Waals surface area (Å²) in [5.74, 6) is 0.426. The Morgan fingerprint density at radius 2 is 1.70 bits per heavy atom. The van der Waals surface area contributed by atoms with Crippen LogP contribution >= 0.6 is 0 Å². The van der Waals surface area contributed by atoms with E-state index in [0.717, 1.165) is 24.8 Å². The predicted octanol–water partition coefficient (Wildman–Crippen LogP) is 9.03. The minimum atomic E-state index is -1.92. The highest BCUT2D eigenvalue weighted by atomic mass is 28.4. The Hall–Kier alpha value is -0.673. The molecule has 3 atom stereocenters. The predicted molar refractivity (Wildman–Crippen MR) is 144 cm³/mol. The van der Waals surface area contributed by atoms with E-state index in [1.54, 1.807) is 11.1 Å². The highest BCUT2D eigenvalue weighted by Gasteiger charge is 2.63. The molecule has 0 aliphatic heterocycles. The molecular formula is C30H52O2Si. The van der Waals surface area contributed by atoms with Crippen molar-refractivity contribution >= 4 is 14.1 Å². The van der Waals surface area contributed by atoms with E-state index in [-0.39, 0.29) is 32.8 Å². The summed E-state index contributed by atoms with van der Waals surface area (Å²) >= 11 is 0. The first-order chi connectivity index (χ1) is 14.8. The number of allylic oxidation sites excluding steroid dienone is 2. The van der Waals surface area contributed by atoms with Crippen LogP contribution in [0.5, 0.6) is 0 Å². The third kappa shape index (κ3) is 4.75. The summed E-state index contributed by atoms with van der Waals surface area (Å²) in [7, 11) is -1.92. The monoisotopic (exact) mass is 472 g/mol. The summed E-state index contributed by atoms with van der Waals surface area (Å²) in [4.78, 5) is 13.7. The standard InChI is InChI=1S/C30H52O2Si/c1-21(2)17-27(6,7)23(31)18-30-16-14-13-15-22(30)24-25(32-33(11,12)26(3,4)5)28(8,9)19-29(24,10)20-30/h25H,1,13-20H2,2-12H3/t25-,29-,30+/m1/s1. The molecule has 2 nitrogen and oxygen atoms in total. The molecule has 2 fully saturated rings. The molecule has 3 rings (SSSR count). The van der Waals surface area contributed by atoms with E-state index in [9.17, 15) is 4.79 Å². The molecule has 0 aromatic rings. The summed E-state index contributed by atoms with van der Waals surface area (Å²) in [6.07, 6.45) is 8.83. The van der Waals surface area contributed by atoms with Crippen molar-refractivity contribution in [1.29, 1.82) is 0 Å². The zero-order valence-corrected chi connectivity index (χ0v) is 24.8. The molecular weight excluding hydrogens is 420 g/mol. The Morgan fingerprint density at radius 1 is 1.09 bits per heavy atom. The fraction of sp³-hybridized carbons (Fsp3) is 0.833. The number of Topliss-reactive ketones (excluding diaryl/α,β-unsaturated/α-hetero) is 1. The fourth-order valence-electron chi connectivity index (χ4n) is 7.47. The second-order valence-electron chi connectivity index (χ2n) is 15.2. The highest BCUT2D eigenvalue weighted by Crippen LogP contribution is 2.70. The van der Waals surface area contributed by atoms with Gasteiger partial charge < -0.3 is 4.43 Å². The molecule has 3 aliphatic rings. The molecule has 0 aromatic carbocycles. The Balaban J connectivity index is 2.05. The molecule has 0 spiro atoms. The molecule has 3 heteroatoms. The summed E-state index contributed by atoms with van der Waals surface area (Å²) in [5.41, 5.74) is 4.37. The third-order valence-corrected chi connectivity index (χ3v) is 14.1. The normalized spacial score (nSPS) is 32.0. The third-order valence-electron chi connectivity index (χ3n) is 9.71. The Labute approximate surface area is 206 Å². The molecule has 33 heavy (non-hydrogen) atoms. The van der Waals surface area contributed by atoms with Crippen LogP contribution < -0.4 is 0 Å². The molecule has 3 aliphatic carbocycles. The maximum absolute atomic E-state index is 13.7. The second-order valence-corrected chi connectivity index (χ2v) is 19.9. The van der Waals surface area contributed by atoms with Crippen molar-refractivity contribution in [3.8, 4) is 0 Å². The Bertz CT molecular complexity index is 853. The summed E-state index contributed by atoms with van der Waals surface area (Å²) in [6.45, 7) is 29.6. The van der Waals surface area contributed by atoms with Gasteiger partial charge in [-0.1, -0.05) is 73.0 Å². The molecule has 0 N–H and O–H groups in total. The number of rotatable bonds is 7. The van der Waals surface area contributed by atoms with Gasteiger partial charge in [0.05, 0.1) is 6.10 Å². The van der Waals surface area contributed by atoms with E-state index in [4.69, 9.17) is 4.43 Å². The van der Waals surface area contributed by atoms with E-state index >= 15 is 0 Å². The average molecular weight is 473 g/mol. The lowest BCUT2D eigenvalue weighted by molar-refractivity contribution is -0.129. The molecule has 0 aromatic heterocycles. The van der Waals surface area contributed by atoms with E-state index in [1.165, 1.54) is 25.7 Å². The lowest BCUT2D eigenvalue weighted by Crippen LogP contribution is -2.47. The van der Waals surface area contributed by atoms with Crippen molar-refractivity contribution in [3.05, 3.63) is 23.3 Å². The molecule has 0 radical (unpaired) electrons. The van der Waals surface area contributed by atoms with Gasteiger partial charge in [-0.25, -0.2) is 0 Å². The molecule has 2 saturated carbocycles. The lowest BCUT2D eigenvalue weighted by Gasteiger charge is -2.44. The minimum absolute atomic E-state index is 0.0529. The van der Waals surface area contributed by atoms with Gasteiger partial charge in [0.2, 0.25) is 0 Å². The van der Waals surface area contributed by atoms with Crippen molar-refractivity contribution in [2.45, 2.75) is 138 Å². The maximum atomic E-state index is 13.7. The second kappa shape index (κ2) is 8.19. The first kappa shape index (κ1) is 26.9. The fourth-order valence-corrected chi connectivity index (χ4v) is 8.85. The van der Waals surface area contributed by atoms with Gasteiger partial charge in [-0.05, 0) is 85.4 Å². The van der Waals surface area contributed by atoms with Crippen molar-refractivity contribution in [2.24, 2.45) is 21.7 Å². The number of carbonyl (C=O) groups is 1. The summed E-state index contributed by atoms with van der Waals surface area (Å²) in [5, 5.41) is 0.193. The average Bonchev–Trinajstić information content (AvgIpc) is 2.94. The zero-order chi connectivity index (χ0) is 25.3. The van der Waals surface area contributed by atoms with E-state index in [1.807, 2.05) is 6.92 Å². The van der Waals surface area contributed by atoms with Crippen LogP contribution in [0.3, 0.4) is 0 Å². The van der Waals surface area contributed by atoms with Crippen LogP contribution in [0, 0.1) is 21.7 Å². The number of hydrogen-bond acceptors (Lipinski definition) is 2. The van der Waals surface area contributed by atoms with Gasteiger partial charge >= 0.3 is 0 Å².